The lowest BCUT2D eigenvalue weighted by Gasteiger charge is -2.13. The molecular formula is C16H12FN3S. The van der Waals surface area contributed by atoms with Crippen LogP contribution in [0.1, 0.15) is 5.56 Å². The van der Waals surface area contributed by atoms with Gasteiger partial charge in [-0.2, -0.15) is 0 Å². The Kier molecular flexibility index (Phi) is 3.50. The maximum absolute atomic E-state index is 13.3. The van der Waals surface area contributed by atoms with Crippen molar-refractivity contribution in [3.63, 3.8) is 0 Å². The number of aromatic nitrogens is 1. The Bertz CT molecular complexity index is 827. The Hall–Kier alpha value is -2.53. The van der Waals surface area contributed by atoms with Gasteiger partial charge in [-0.15, -0.1) is 0 Å². The highest BCUT2D eigenvalue weighted by Crippen LogP contribution is 2.27. The van der Waals surface area contributed by atoms with E-state index in [4.69, 9.17) is 18.0 Å². The number of thiocarbonyl (C=S) groups is 1. The molecule has 0 saturated carbocycles. The van der Waals surface area contributed by atoms with Crippen molar-refractivity contribution in [2.24, 2.45) is 5.73 Å². The fraction of sp³-hybridized carbons (Fsp3) is 0. The van der Waals surface area contributed by atoms with Gasteiger partial charge in [0, 0.05) is 40.1 Å². The summed E-state index contributed by atoms with van der Waals surface area (Å²) in [6.07, 6.45) is 3.52. The van der Waals surface area contributed by atoms with Crippen molar-refractivity contribution in [2.75, 3.05) is 5.32 Å². The van der Waals surface area contributed by atoms with E-state index in [1.54, 1.807) is 18.5 Å². The van der Waals surface area contributed by atoms with Crippen molar-refractivity contribution < 1.29 is 4.39 Å². The molecule has 0 saturated heterocycles. The molecule has 0 radical (unpaired) electrons. The number of hydrogen-bond donors (Lipinski definition) is 2. The Labute approximate surface area is 126 Å². The summed E-state index contributed by atoms with van der Waals surface area (Å²) in [6, 6.07) is 12.1. The molecule has 5 heteroatoms. The summed E-state index contributed by atoms with van der Waals surface area (Å²) in [6.45, 7) is 0. The molecule has 0 atom stereocenters. The number of nitrogens with zero attached hydrogens (tertiary/aromatic N) is 1. The molecule has 104 valence electrons. The second-order valence-electron chi connectivity index (χ2n) is 4.58. The molecule has 1 heterocycles. The molecule has 3 nitrogen and oxygen atoms in total. The number of anilines is 2. The molecule has 0 spiro atoms. The van der Waals surface area contributed by atoms with Gasteiger partial charge in [-0.3, -0.25) is 4.98 Å². The summed E-state index contributed by atoms with van der Waals surface area (Å²) in [7, 11) is 0. The van der Waals surface area contributed by atoms with E-state index < -0.39 is 0 Å². The molecule has 0 aliphatic rings. The highest BCUT2D eigenvalue weighted by Gasteiger charge is 2.08. The zero-order chi connectivity index (χ0) is 14.8. The van der Waals surface area contributed by atoms with Crippen molar-refractivity contribution >= 4 is 39.4 Å². The molecule has 0 fully saturated rings. The lowest BCUT2D eigenvalue weighted by atomic mass is 10.1. The molecule has 3 N–H and O–H groups in total. The van der Waals surface area contributed by atoms with Crippen LogP contribution in [0.5, 0.6) is 0 Å². The summed E-state index contributed by atoms with van der Waals surface area (Å²) < 4.78 is 13.3. The van der Waals surface area contributed by atoms with Crippen molar-refractivity contribution in [2.45, 2.75) is 0 Å². The maximum Gasteiger partial charge on any atom is 0.124 e. The topological polar surface area (TPSA) is 50.9 Å². The minimum absolute atomic E-state index is 0.152. The number of halogens is 1. The van der Waals surface area contributed by atoms with Gasteiger partial charge in [0.15, 0.2) is 0 Å². The van der Waals surface area contributed by atoms with Crippen molar-refractivity contribution in [3.8, 4) is 0 Å². The summed E-state index contributed by atoms with van der Waals surface area (Å²) >= 11 is 4.98. The number of pyridine rings is 1. The summed E-state index contributed by atoms with van der Waals surface area (Å²) in [5.41, 5.74) is 7.71. The predicted molar refractivity (Wildman–Crippen MR) is 87.3 cm³/mol. The van der Waals surface area contributed by atoms with Crippen LogP contribution in [-0.4, -0.2) is 9.97 Å². The van der Waals surface area contributed by atoms with Gasteiger partial charge in [-0.1, -0.05) is 24.4 Å². The molecule has 0 amide bonds. The number of benzene rings is 2. The Morgan fingerprint density at radius 3 is 2.81 bits per heavy atom. The third kappa shape index (κ3) is 2.68. The molecule has 0 aliphatic carbocycles. The lowest BCUT2D eigenvalue weighted by Crippen LogP contribution is -2.12. The number of fused-ring (bicyclic) bond motifs is 1. The van der Waals surface area contributed by atoms with Crippen LogP contribution >= 0.6 is 12.2 Å². The largest absolute Gasteiger partial charge is 0.389 e. The van der Waals surface area contributed by atoms with Gasteiger partial charge in [-0.05, 0) is 30.3 Å². The van der Waals surface area contributed by atoms with Crippen LogP contribution in [0.2, 0.25) is 0 Å². The zero-order valence-corrected chi connectivity index (χ0v) is 11.8. The smallest absolute Gasteiger partial charge is 0.124 e. The number of nitrogens with one attached hydrogen (secondary N) is 1. The Morgan fingerprint density at radius 1 is 1.14 bits per heavy atom. The van der Waals surface area contributed by atoms with Crippen LogP contribution in [0.25, 0.3) is 10.8 Å². The zero-order valence-electron chi connectivity index (χ0n) is 11.0. The summed E-state index contributed by atoms with van der Waals surface area (Å²) in [5, 5.41) is 5.30. The molecule has 0 unspecified atom stereocenters. The van der Waals surface area contributed by atoms with Crippen molar-refractivity contribution in [1.82, 2.24) is 4.98 Å². The molecule has 1 aromatic heterocycles. The maximum atomic E-state index is 13.3. The van der Waals surface area contributed by atoms with E-state index >= 15 is 0 Å². The first-order valence-electron chi connectivity index (χ1n) is 6.34. The van der Waals surface area contributed by atoms with Crippen LogP contribution < -0.4 is 11.1 Å². The molecular weight excluding hydrogens is 285 g/mol. The number of rotatable bonds is 3. The van der Waals surface area contributed by atoms with Gasteiger partial charge in [0.25, 0.3) is 0 Å². The Balaban J connectivity index is 2.09. The highest BCUT2D eigenvalue weighted by molar-refractivity contribution is 7.80. The summed E-state index contributed by atoms with van der Waals surface area (Å²) in [4.78, 5) is 4.25. The number of hydrogen-bond acceptors (Lipinski definition) is 3. The SMILES string of the molecule is NC(=S)c1cc(F)ccc1Nc1cccc2cnccc12. The third-order valence-corrected chi connectivity index (χ3v) is 3.42. The lowest BCUT2D eigenvalue weighted by molar-refractivity contribution is 0.628. The molecule has 0 aliphatic heterocycles. The monoisotopic (exact) mass is 297 g/mol. The van der Waals surface area contributed by atoms with E-state index in [0.717, 1.165) is 16.5 Å². The van der Waals surface area contributed by atoms with E-state index in [2.05, 4.69) is 10.3 Å². The van der Waals surface area contributed by atoms with Crippen molar-refractivity contribution in [3.05, 3.63) is 66.2 Å². The number of nitrogens with two attached hydrogens (primary N) is 1. The van der Waals surface area contributed by atoms with Crippen molar-refractivity contribution in [1.29, 1.82) is 0 Å². The van der Waals surface area contributed by atoms with Crippen LogP contribution in [0.15, 0.2) is 54.9 Å². The normalized spacial score (nSPS) is 10.5. The van der Waals surface area contributed by atoms with Gasteiger partial charge < -0.3 is 11.1 Å². The van der Waals surface area contributed by atoms with Gasteiger partial charge in [0.05, 0.1) is 0 Å². The quantitative estimate of drug-likeness (QED) is 0.723. The Morgan fingerprint density at radius 2 is 2.00 bits per heavy atom. The van der Waals surface area contributed by atoms with Crippen LogP contribution in [0, 0.1) is 5.82 Å². The van der Waals surface area contributed by atoms with E-state index in [-0.39, 0.29) is 10.8 Å². The average molecular weight is 297 g/mol. The second kappa shape index (κ2) is 5.46. The minimum Gasteiger partial charge on any atom is -0.389 e. The van der Waals surface area contributed by atoms with E-state index in [9.17, 15) is 4.39 Å². The molecule has 3 aromatic rings. The fourth-order valence-corrected chi connectivity index (χ4v) is 2.37. The first-order chi connectivity index (χ1) is 10.1. The van der Waals surface area contributed by atoms with Gasteiger partial charge >= 0.3 is 0 Å². The fourth-order valence-electron chi connectivity index (χ4n) is 2.21. The van der Waals surface area contributed by atoms with Crippen LogP contribution in [0.3, 0.4) is 0 Å². The molecule has 0 bridgehead atoms. The second-order valence-corrected chi connectivity index (χ2v) is 5.02. The van der Waals surface area contributed by atoms with E-state index in [0.29, 0.717) is 11.3 Å². The minimum atomic E-state index is -0.370. The average Bonchev–Trinajstić information content (AvgIpc) is 2.49. The van der Waals surface area contributed by atoms with E-state index in [1.807, 2.05) is 24.3 Å². The molecule has 21 heavy (non-hydrogen) atoms. The summed E-state index contributed by atoms with van der Waals surface area (Å²) in [5.74, 6) is -0.370. The van der Waals surface area contributed by atoms with Gasteiger partial charge in [0.1, 0.15) is 10.8 Å². The predicted octanol–water partition coefficient (Wildman–Crippen LogP) is 3.75. The van der Waals surface area contributed by atoms with Crippen LogP contribution in [0.4, 0.5) is 15.8 Å². The highest BCUT2D eigenvalue weighted by atomic mass is 32.1. The first kappa shape index (κ1) is 13.5. The van der Waals surface area contributed by atoms with E-state index in [1.165, 1.54) is 12.1 Å². The third-order valence-electron chi connectivity index (χ3n) is 3.20. The van der Waals surface area contributed by atoms with Gasteiger partial charge in [-0.25, -0.2) is 4.39 Å². The van der Waals surface area contributed by atoms with Gasteiger partial charge in [0.2, 0.25) is 0 Å². The van der Waals surface area contributed by atoms with Crippen LogP contribution in [-0.2, 0) is 0 Å². The molecule has 3 rings (SSSR count). The molecule has 2 aromatic carbocycles. The standard InChI is InChI=1S/C16H12FN3S/c17-11-4-5-15(13(8-11)16(18)21)20-14-3-1-2-10-9-19-7-6-12(10)14/h1-9,20H,(H2,18,21). The first-order valence-corrected chi connectivity index (χ1v) is 6.75.